The fraction of sp³-hybridized carbons (Fsp3) is 0.857. The summed E-state index contributed by atoms with van der Waals surface area (Å²) in [5.41, 5.74) is 0. The standard InChI is InChI=1S/C14H24O4S/c1-3-5-9-17-13(15)11-7-8-12(19-11)14(16)18-10-6-4-2/h11-12H,3-10H2,1-2H3. The van der Waals surface area contributed by atoms with Crippen molar-refractivity contribution in [1.29, 1.82) is 0 Å². The molecule has 0 aromatic heterocycles. The predicted octanol–water partition coefficient (Wildman–Crippen LogP) is 2.94. The van der Waals surface area contributed by atoms with E-state index in [0.29, 0.717) is 26.1 Å². The molecule has 1 fully saturated rings. The van der Waals surface area contributed by atoms with Crippen molar-refractivity contribution in [3.63, 3.8) is 0 Å². The molecule has 0 aliphatic carbocycles. The van der Waals surface area contributed by atoms with Crippen LogP contribution in [0.5, 0.6) is 0 Å². The second-order valence-corrected chi connectivity index (χ2v) is 6.14. The van der Waals surface area contributed by atoms with Gasteiger partial charge in [-0.25, -0.2) is 0 Å². The van der Waals surface area contributed by atoms with Crippen molar-refractivity contribution < 1.29 is 19.1 Å². The molecule has 0 radical (unpaired) electrons. The number of hydrogen-bond donors (Lipinski definition) is 0. The third kappa shape index (κ3) is 5.85. The summed E-state index contributed by atoms with van der Waals surface area (Å²) in [5.74, 6) is -0.357. The molecule has 1 heterocycles. The average molecular weight is 288 g/mol. The first-order valence-electron chi connectivity index (χ1n) is 7.17. The Labute approximate surface area is 119 Å². The molecule has 2 atom stereocenters. The van der Waals surface area contributed by atoms with Gasteiger partial charge in [-0.15, -0.1) is 11.8 Å². The van der Waals surface area contributed by atoms with E-state index in [1.165, 1.54) is 11.8 Å². The third-order valence-electron chi connectivity index (χ3n) is 3.03. The molecule has 0 spiro atoms. The molecule has 1 aliphatic heterocycles. The number of thioether (sulfide) groups is 1. The van der Waals surface area contributed by atoms with Crippen LogP contribution in [0.3, 0.4) is 0 Å². The Morgan fingerprint density at radius 3 is 1.74 bits per heavy atom. The summed E-state index contributed by atoms with van der Waals surface area (Å²) in [6, 6.07) is 0. The molecule has 110 valence electrons. The van der Waals surface area contributed by atoms with Gasteiger partial charge in [0.25, 0.3) is 0 Å². The number of rotatable bonds is 8. The smallest absolute Gasteiger partial charge is 0.319 e. The molecule has 1 aliphatic rings. The molecule has 0 amide bonds. The highest BCUT2D eigenvalue weighted by atomic mass is 32.2. The summed E-state index contributed by atoms with van der Waals surface area (Å²) >= 11 is 1.39. The molecule has 0 aromatic rings. The number of esters is 2. The van der Waals surface area contributed by atoms with Crippen LogP contribution < -0.4 is 0 Å². The average Bonchev–Trinajstić information content (AvgIpc) is 2.89. The topological polar surface area (TPSA) is 52.6 Å². The molecular weight excluding hydrogens is 264 g/mol. The van der Waals surface area contributed by atoms with E-state index in [4.69, 9.17) is 9.47 Å². The minimum absolute atomic E-state index is 0.178. The molecule has 0 N–H and O–H groups in total. The SMILES string of the molecule is CCCCOC(=O)C1CCC(C(=O)OCCCC)S1. The van der Waals surface area contributed by atoms with Crippen LogP contribution in [0.15, 0.2) is 0 Å². The van der Waals surface area contributed by atoms with E-state index >= 15 is 0 Å². The Hall–Kier alpha value is -0.710. The van der Waals surface area contributed by atoms with E-state index in [1.807, 2.05) is 0 Å². The van der Waals surface area contributed by atoms with E-state index < -0.39 is 0 Å². The van der Waals surface area contributed by atoms with Crippen LogP contribution in [-0.2, 0) is 19.1 Å². The number of carbonyl (C=O) groups excluding carboxylic acids is 2. The van der Waals surface area contributed by atoms with Gasteiger partial charge in [-0.1, -0.05) is 26.7 Å². The predicted molar refractivity (Wildman–Crippen MR) is 76.1 cm³/mol. The Morgan fingerprint density at radius 1 is 0.947 bits per heavy atom. The largest absolute Gasteiger partial charge is 0.465 e. The van der Waals surface area contributed by atoms with Gasteiger partial charge in [0.15, 0.2) is 0 Å². The first-order valence-corrected chi connectivity index (χ1v) is 8.12. The first-order chi connectivity index (χ1) is 9.19. The van der Waals surface area contributed by atoms with Crippen molar-refractivity contribution in [3.05, 3.63) is 0 Å². The van der Waals surface area contributed by atoms with E-state index in [-0.39, 0.29) is 22.4 Å². The molecule has 0 saturated carbocycles. The third-order valence-corrected chi connectivity index (χ3v) is 4.54. The van der Waals surface area contributed by atoms with Crippen molar-refractivity contribution in [3.8, 4) is 0 Å². The first kappa shape index (κ1) is 16.3. The van der Waals surface area contributed by atoms with Gasteiger partial charge in [-0.05, 0) is 25.7 Å². The van der Waals surface area contributed by atoms with Crippen LogP contribution in [0.2, 0.25) is 0 Å². The van der Waals surface area contributed by atoms with Crippen molar-refractivity contribution >= 4 is 23.7 Å². The minimum atomic E-state index is -0.194. The summed E-state index contributed by atoms with van der Waals surface area (Å²) in [6.45, 7) is 5.08. The van der Waals surface area contributed by atoms with Gasteiger partial charge in [-0.3, -0.25) is 9.59 Å². The van der Waals surface area contributed by atoms with Crippen LogP contribution in [0.1, 0.15) is 52.4 Å². The molecule has 0 bridgehead atoms. The van der Waals surface area contributed by atoms with Crippen molar-refractivity contribution in [2.75, 3.05) is 13.2 Å². The van der Waals surface area contributed by atoms with E-state index in [2.05, 4.69) is 13.8 Å². The minimum Gasteiger partial charge on any atom is -0.465 e. The maximum absolute atomic E-state index is 11.8. The van der Waals surface area contributed by atoms with Gasteiger partial charge < -0.3 is 9.47 Å². The van der Waals surface area contributed by atoms with Crippen molar-refractivity contribution in [1.82, 2.24) is 0 Å². The molecule has 1 rings (SSSR count). The van der Waals surface area contributed by atoms with Gasteiger partial charge in [0, 0.05) is 0 Å². The Balaban J connectivity index is 2.24. The lowest BCUT2D eigenvalue weighted by atomic mass is 10.2. The molecule has 5 heteroatoms. The molecular formula is C14H24O4S. The Bertz CT molecular complexity index is 265. The zero-order valence-electron chi connectivity index (χ0n) is 11.9. The normalized spacial score (nSPS) is 22.2. The number of ether oxygens (including phenoxy) is 2. The van der Waals surface area contributed by atoms with Gasteiger partial charge in [0.05, 0.1) is 13.2 Å². The molecule has 4 nitrogen and oxygen atoms in total. The van der Waals surface area contributed by atoms with E-state index in [0.717, 1.165) is 25.7 Å². The lowest BCUT2D eigenvalue weighted by Gasteiger charge is -2.11. The Kier molecular flexibility index (Phi) is 7.94. The van der Waals surface area contributed by atoms with Crippen molar-refractivity contribution in [2.24, 2.45) is 0 Å². The summed E-state index contributed by atoms with van der Waals surface area (Å²) < 4.78 is 10.4. The maximum atomic E-state index is 11.8. The van der Waals surface area contributed by atoms with Gasteiger partial charge in [-0.2, -0.15) is 0 Å². The molecule has 19 heavy (non-hydrogen) atoms. The zero-order chi connectivity index (χ0) is 14.1. The lowest BCUT2D eigenvalue weighted by Crippen LogP contribution is -2.21. The second kappa shape index (κ2) is 9.23. The Morgan fingerprint density at radius 2 is 1.37 bits per heavy atom. The quantitative estimate of drug-likeness (QED) is 0.508. The highest BCUT2D eigenvalue weighted by Gasteiger charge is 2.36. The van der Waals surface area contributed by atoms with Gasteiger partial charge in [0.2, 0.25) is 0 Å². The fourth-order valence-electron chi connectivity index (χ4n) is 1.80. The number of hydrogen-bond acceptors (Lipinski definition) is 5. The summed E-state index contributed by atoms with van der Waals surface area (Å²) in [6.07, 6.45) is 5.23. The summed E-state index contributed by atoms with van der Waals surface area (Å²) in [4.78, 5) is 23.5. The van der Waals surface area contributed by atoms with Gasteiger partial charge >= 0.3 is 11.9 Å². The summed E-state index contributed by atoms with van der Waals surface area (Å²) in [5, 5.41) is -0.388. The molecule has 0 aromatic carbocycles. The van der Waals surface area contributed by atoms with Gasteiger partial charge in [0.1, 0.15) is 10.5 Å². The van der Waals surface area contributed by atoms with E-state index in [9.17, 15) is 9.59 Å². The fourth-order valence-corrected chi connectivity index (χ4v) is 3.10. The number of carbonyl (C=O) groups is 2. The maximum Gasteiger partial charge on any atom is 0.319 e. The molecule has 1 saturated heterocycles. The van der Waals surface area contributed by atoms with Crippen LogP contribution >= 0.6 is 11.8 Å². The second-order valence-electron chi connectivity index (χ2n) is 4.73. The monoisotopic (exact) mass is 288 g/mol. The van der Waals surface area contributed by atoms with Crippen LogP contribution in [0.25, 0.3) is 0 Å². The van der Waals surface area contributed by atoms with Crippen LogP contribution in [0, 0.1) is 0 Å². The summed E-state index contributed by atoms with van der Waals surface area (Å²) in [7, 11) is 0. The van der Waals surface area contributed by atoms with Crippen LogP contribution in [-0.4, -0.2) is 35.7 Å². The zero-order valence-corrected chi connectivity index (χ0v) is 12.7. The lowest BCUT2D eigenvalue weighted by molar-refractivity contribution is -0.144. The van der Waals surface area contributed by atoms with Crippen molar-refractivity contribution in [2.45, 2.75) is 62.9 Å². The van der Waals surface area contributed by atoms with Crippen LogP contribution in [0.4, 0.5) is 0 Å². The highest BCUT2D eigenvalue weighted by Crippen LogP contribution is 2.35. The number of unbranched alkanes of at least 4 members (excludes halogenated alkanes) is 2. The molecule has 2 unspecified atom stereocenters. The highest BCUT2D eigenvalue weighted by molar-refractivity contribution is 8.02. The van der Waals surface area contributed by atoms with E-state index in [1.54, 1.807) is 0 Å².